The van der Waals surface area contributed by atoms with Crippen molar-refractivity contribution >= 4 is 33.3 Å². The Morgan fingerprint density at radius 1 is 1.29 bits per heavy atom. The lowest BCUT2D eigenvalue weighted by molar-refractivity contribution is 0.156. The molecular weight excluding hydrogens is 477 g/mol. The van der Waals surface area contributed by atoms with E-state index in [0.29, 0.717) is 46.3 Å². The fraction of sp³-hybridized carbons (Fsp3) is 0.417. The molecule has 0 saturated carbocycles. The smallest absolute Gasteiger partial charge is 0.428 e. The number of carbonyl (C=O) groups excluding carboxylic acids is 1. The summed E-state index contributed by atoms with van der Waals surface area (Å²) in [7, 11) is -3.29. The standard InChI is InChI=1S/C24H30FN3O4S2/c1-5-6-11-32-24(29)28(34(30)31)23-21(14-20(33-23)12-16(2)3)18-7-8-19(22(25)13-18)15-27-10-9-26-17(27)4/h7-10,13-14,16,34H,5-6,11-12,15H2,1-4H3. The summed E-state index contributed by atoms with van der Waals surface area (Å²) in [5, 5.41) is 0.214. The number of amides is 1. The molecule has 2 aromatic heterocycles. The highest BCUT2D eigenvalue weighted by Crippen LogP contribution is 2.41. The Kier molecular flexibility index (Phi) is 8.84. The van der Waals surface area contributed by atoms with Gasteiger partial charge in [0, 0.05) is 28.4 Å². The molecule has 0 atom stereocenters. The first-order valence-corrected chi connectivity index (χ1v) is 13.2. The summed E-state index contributed by atoms with van der Waals surface area (Å²) >= 11 is 1.21. The maximum Gasteiger partial charge on any atom is 0.428 e. The minimum absolute atomic E-state index is 0.131. The maximum atomic E-state index is 15.1. The van der Waals surface area contributed by atoms with Crippen LogP contribution in [-0.2, 0) is 28.6 Å². The topological polar surface area (TPSA) is 81.5 Å². The molecule has 3 rings (SSSR count). The van der Waals surface area contributed by atoms with Crippen LogP contribution in [0.1, 0.15) is 49.9 Å². The average molecular weight is 508 g/mol. The normalized spacial score (nSPS) is 11.4. The van der Waals surface area contributed by atoms with Gasteiger partial charge in [0.05, 0.1) is 13.2 Å². The lowest BCUT2D eigenvalue weighted by Crippen LogP contribution is -2.30. The number of nitrogens with zero attached hydrogens (tertiary/aromatic N) is 3. The van der Waals surface area contributed by atoms with Crippen molar-refractivity contribution < 1.29 is 22.3 Å². The third-order valence-corrected chi connectivity index (χ3v) is 7.22. The van der Waals surface area contributed by atoms with Crippen molar-refractivity contribution in [3.05, 3.63) is 58.7 Å². The molecule has 0 aliphatic carbocycles. The van der Waals surface area contributed by atoms with E-state index in [2.05, 4.69) is 18.8 Å². The van der Waals surface area contributed by atoms with Crippen LogP contribution in [0, 0.1) is 18.7 Å². The Morgan fingerprint density at radius 2 is 2.06 bits per heavy atom. The Labute approximate surface area is 205 Å². The largest absolute Gasteiger partial charge is 0.448 e. The molecule has 7 nitrogen and oxygen atoms in total. The number of carbonyl (C=O) groups is 1. The molecule has 184 valence electrons. The van der Waals surface area contributed by atoms with E-state index in [1.54, 1.807) is 24.5 Å². The van der Waals surface area contributed by atoms with E-state index in [-0.39, 0.29) is 11.6 Å². The van der Waals surface area contributed by atoms with Crippen molar-refractivity contribution in [1.29, 1.82) is 0 Å². The fourth-order valence-electron chi connectivity index (χ4n) is 3.48. The average Bonchev–Trinajstić information content (AvgIpc) is 3.35. The van der Waals surface area contributed by atoms with Crippen LogP contribution in [0.25, 0.3) is 11.1 Å². The zero-order valence-corrected chi connectivity index (χ0v) is 21.5. The summed E-state index contributed by atoms with van der Waals surface area (Å²) in [6.07, 6.45) is 4.64. The molecule has 34 heavy (non-hydrogen) atoms. The number of halogens is 1. The molecule has 0 N–H and O–H groups in total. The van der Waals surface area contributed by atoms with E-state index in [1.165, 1.54) is 17.4 Å². The second kappa shape index (κ2) is 11.6. The molecule has 0 bridgehead atoms. The van der Waals surface area contributed by atoms with Crippen molar-refractivity contribution in [2.45, 2.75) is 53.5 Å². The quantitative estimate of drug-likeness (QED) is 0.286. The van der Waals surface area contributed by atoms with Crippen molar-refractivity contribution in [2.24, 2.45) is 5.92 Å². The molecule has 1 amide bonds. The predicted octanol–water partition coefficient (Wildman–Crippen LogP) is 5.58. The zero-order chi connectivity index (χ0) is 24.8. The summed E-state index contributed by atoms with van der Waals surface area (Å²) < 4.78 is 47.0. The van der Waals surface area contributed by atoms with E-state index in [9.17, 15) is 13.2 Å². The molecule has 0 fully saturated rings. The monoisotopic (exact) mass is 507 g/mol. The van der Waals surface area contributed by atoms with Crippen LogP contribution in [0.3, 0.4) is 0 Å². The summed E-state index contributed by atoms with van der Waals surface area (Å²) in [4.78, 5) is 17.7. The van der Waals surface area contributed by atoms with Crippen LogP contribution in [0.5, 0.6) is 0 Å². The van der Waals surface area contributed by atoms with E-state index >= 15 is 4.39 Å². The van der Waals surface area contributed by atoms with E-state index in [1.807, 2.05) is 24.5 Å². The second-order valence-corrected chi connectivity index (χ2v) is 10.4. The van der Waals surface area contributed by atoms with Gasteiger partial charge in [-0.15, -0.1) is 11.3 Å². The maximum absolute atomic E-state index is 15.1. The second-order valence-electron chi connectivity index (χ2n) is 8.46. The van der Waals surface area contributed by atoms with Gasteiger partial charge in [-0.1, -0.05) is 39.3 Å². The molecule has 0 saturated heterocycles. The molecule has 3 aromatic rings. The van der Waals surface area contributed by atoms with Crippen LogP contribution in [0.15, 0.2) is 36.7 Å². The molecular formula is C24H30FN3O4S2. The lowest BCUT2D eigenvalue weighted by atomic mass is 10.0. The number of anilines is 1. The first-order chi connectivity index (χ1) is 16.2. The Balaban J connectivity index is 2.01. The highest BCUT2D eigenvalue weighted by atomic mass is 32.2. The number of benzene rings is 1. The van der Waals surface area contributed by atoms with Gasteiger partial charge >= 0.3 is 6.09 Å². The Bertz CT molecular complexity index is 1210. The number of aromatic nitrogens is 2. The fourth-order valence-corrected chi connectivity index (χ4v) is 5.54. The number of hydrogen-bond acceptors (Lipinski definition) is 6. The van der Waals surface area contributed by atoms with Gasteiger partial charge in [-0.2, -0.15) is 4.31 Å². The first kappa shape index (κ1) is 25.9. The van der Waals surface area contributed by atoms with Gasteiger partial charge in [0.15, 0.2) is 0 Å². The number of rotatable bonds is 10. The lowest BCUT2D eigenvalue weighted by Gasteiger charge is -2.16. The van der Waals surface area contributed by atoms with Crippen LogP contribution in [0.4, 0.5) is 14.2 Å². The van der Waals surface area contributed by atoms with E-state index in [4.69, 9.17) is 4.74 Å². The van der Waals surface area contributed by atoms with Crippen LogP contribution >= 0.6 is 11.3 Å². The first-order valence-electron chi connectivity index (χ1n) is 11.2. The van der Waals surface area contributed by atoms with Crippen molar-refractivity contribution in [2.75, 3.05) is 10.9 Å². The third-order valence-electron chi connectivity index (χ3n) is 5.25. The minimum atomic E-state index is -3.29. The Morgan fingerprint density at radius 3 is 2.65 bits per heavy atom. The van der Waals surface area contributed by atoms with Crippen molar-refractivity contribution in [3.8, 4) is 11.1 Å². The number of hydrogen-bond donors (Lipinski definition) is 1. The van der Waals surface area contributed by atoms with Gasteiger partial charge in [0.25, 0.3) is 0 Å². The molecule has 0 aliphatic heterocycles. The SMILES string of the molecule is CCCCOC(=O)N(c1sc(CC(C)C)cc1-c1ccc(Cn2ccnc2C)c(F)c1)[SH](=O)=O. The molecule has 0 aliphatic rings. The number of thiophene rings is 1. The van der Waals surface area contributed by atoms with Gasteiger partial charge in [0.1, 0.15) is 16.6 Å². The molecule has 2 heterocycles. The number of unbranched alkanes of at least 4 members (excludes halogenated alkanes) is 1. The van der Waals surface area contributed by atoms with Gasteiger partial charge < -0.3 is 9.30 Å². The summed E-state index contributed by atoms with van der Waals surface area (Å²) in [6, 6.07) is 6.63. The number of imidazole rings is 1. The molecule has 0 unspecified atom stereocenters. The van der Waals surface area contributed by atoms with Gasteiger partial charge in [-0.25, -0.2) is 22.6 Å². The van der Waals surface area contributed by atoms with Crippen LogP contribution < -0.4 is 4.31 Å². The van der Waals surface area contributed by atoms with Crippen LogP contribution in [-0.4, -0.2) is 30.7 Å². The zero-order valence-electron chi connectivity index (χ0n) is 19.8. The molecule has 0 radical (unpaired) electrons. The number of ether oxygens (including phenoxy) is 1. The molecule has 0 spiro atoms. The highest BCUT2D eigenvalue weighted by molar-refractivity contribution is 7.75. The number of aryl methyl sites for hydroxylation is 1. The summed E-state index contributed by atoms with van der Waals surface area (Å²) in [6.45, 7) is 8.36. The predicted molar refractivity (Wildman–Crippen MR) is 133 cm³/mol. The Hall–Kier alpha value is -2.72. The molecule has 10 heteroatoms. The summed E-state index contributed by atoms with van der Waals surface area (Å²) in [5.41, 5.74) is 1.46. The van der Waals surface area contributed by atoms with Gasteiger partial charge in [-0.3, -0.25) is 0 Å². The minimum Gasteiger partial charge on any atom is -0.448 e. The summed E-state index contributed by atoms with van der Waals surface area (Å²) in [5.74, 6) is 0.679. The van der Waals surface area contributed by atoms with E-state index < -0.39 is 22.8 Å². The number of thiol groups is 1. The van der Waals surface area contributed by atoms with Crippen molar-refractivity contribution in [3.63, 3.8) is 0 Å². The molecule has 1 aromatic carbocycles. The van der Waals surface area contributed by atoms with Gasteiger partial charge in [0.2, 0.25) is 10.9 Å². The highest BCUT2D eigenvalue weighted by Gasteiger charge is 2.27. The van der Waals surface area contributed by atoms with E-state index in [0.717, 1.165) is 17.1 Å². The third kappa shape index (κ3) is 6.24. The van der Waals surface area contributed by atoms with Crippen molar-refractivity contribution in [1.82, 2.24) is 9.55 Å². The van der Waals surface area contributed by atoms with Crippen LogP contribution in [0.2, 0.25) is 0 Å². The van der Waals surface area contributed by atoms with Gasteiger partial charge in [-0.05, 0) is 43.4 Å².